The van der Waals surface area contributed by atoms with Crippen LogP contribution in [0.4, 0.5) is 0 Å². The summed E-state index contributed by atoms with van der Waals surface area (Å²) in [5, 5.41) is 3.65. The second kappa shape index (κ2) is 6.41. The van der Waals surface area contributed by atoms with E-state index in [1.807, 2.05) is 0 Å². The van der Waals surface area contributed by atoms with Gasteiger partial charge in [-0.2, -0.15) is 0 Å². The van der Waals surface area contributed by atoms with Crippen molar-refractivity contribution in [3.05, 3.63) is 34.3 Å². The van der Waals surface area contributed by atoms with E-state index in [2.05, 4.69) is 45.5 Å². The minimum Gasteiger partial charge on any atom is -0.314 e. The van der Waals surface area contributed by atoms with Gasteiger partial charge in [0.15, 0.2) is 0 Å². The van der Waals surface area contributed by atoms with Gasteiger partial charge in [0, 0.05) is 10.5 Å². The largest absolute Gasteiger partial charge is 0.314 e. The molecule has 1 fully saturated rings. The Morgan fingerprint density at radius 1 is 1.25 bits per heavy atom. The minimum absolute atomic E-state index is 0.737. The summed E-state index contributed by atoms with van der Waals surface area (Å²) in [5.41, 5.74) is 1.44. The van der Waals surface area contributed by atoms with Gasteiger partial charge < -0.3 is 5.32 Å². The van der Waals surface area contributed by atoms with Gasteiger partial charge in [0.25, 0.3) is 0 Å². The Hall–Kier alpha value is -0.340. The molecule has 0 amide bonds. The predicted molar refractivity (Wildman–Crippen MR) is 72.7 cm³/mol. The lowest BCUT2D eigenvalue weighted by molar-refractivity contribution is 0.478. The van der Waals surface area contributed by atoms with Crippen molar-refractivity contribution in [3.8, 4) is 0 Å². The molecule has 1 aromatic carbocycles. The van der Waals surface area contributed by atoms with E-state index in [-0.39, 0.29) is 0 Å². The summed E-state index contributed by atoms with van der Waals surface area (Å²) in [6, 6.07) is 9.41. The lowest BCUT2D eigenvalue weighted by Gasteiger charge is -2.15. The molecule has 0 radical (unpaired) electrons. The third-order valence-corrected chi connectivity index (χ3v) is 3.83. The molecule has 16 heavy (non-hydrogen) atoms. The fraction of sp³-hybridized carbons (Fsp3) is 0.571. The number of hydrogen-bond donors (Lipinski definition) is 1. The van der Waals surface area contributed by atoms with Gasteiger partial charge in [0.2, 0.25) is 0 Å². The first-order valence-corrected chi connectivity index (χ1v) is 7.12. The van der Waals surface area contributed by atoms with Crippen molar-refractivity contribution in [1.82, 2.24) is 5.32 Å². The monoisotopic (exact) mass is 281 g/mol. The molecule has 1 atom stereocenters. The SMILES string of the molecule is Brc1cccc(CCC2CCCCCN2)c1. The highest BCUT2D eigenvalue weighted by Crippen LogP contribution is 2.16. The Kier molecular flexibility index (Phi) is 4.86. The summed E-state index contributed by atoms with van der Waals surface area (Å²) in [5.74, 6) is 0. The summed E-state index contributed by atoms with van der Waals surface area (Å²) in [6.45, 7) is 1.21. The van der Waals surface area contributed by atoms with Gasteiger partial charge in [-0.3, -0.25) is 0 Å². The predicted octanol–water partition coefficient (Wildman–Crippen LogP) is 3.91. The van der Waals surface area contributed by atoms with Crippen LogP contribution in [0.15, 0.2) is 28.7 Å². The molecule has 1 aliphatic rings. The lowest BCUT2D eigenvalue weighted by Crippen LogP contribution is -2.28. The molecule has 2 rings (SSSR count). The normalized spacial score (nSPS) is 21.7. The summed E-state index contributed by atoms with van der Waals surface area (Å²) in [4.78, 5) is 0. The first-order valence-electron chi connectivity index (χ1n) is 6.32. The van der Waals surface area contributed by atoms with Crippen LogP contribution in [0.2, 0.25) is 0 Å². The highest BCUT2D eigenvalue weighted by Gasteiger charge is 2.10. The Morgan fingerprint density at radius 2 is 2.19 bits per heavy atom. The zero-order valence-corrected chi connectivity index (χ0v) is 11.3. The number of rotatable bonds is 3. The maximum atomic E-state index is 3.65. The summed E-state index contributed by atoms with van der Waals surface area (Å²) in [6.07, 6.45) is 7.98. The zero-order chi connectivity index (χ0) is 11.2. The topological polar surface area (TPSA) is 12.0 Å². The molecule has 1 aromatic rings. The van der Waals surface area contributed by atoms with Gasteiger partial charge in [-0.15, -0.1) is 0 Å². The van der Waals surface area contributed by atoms with E-state index in [9.17, 15) is 0 Å². The van der Waals surface area contributed by atoms with Crippen LogP contribution in [-0.4, -0.2) is 12.6 Å². The zero-order valence-electron chi connectivity index (χ0n) is 9.71. The molecular weight excluding hydrogens is 262 g/mol. The fourth-order valence-electron chi connectivity index (χ4n) is 2.38. The highest BCUT2D eigenvalue weighted by atomic mass is 79.9. The van der Waals surface area contributed by atoms with Crippen molar-refractivity contribution in [1.29, 1.82) is 0 Å². The van der Waals surface area contributed by atoms with Crippen LogP contribution in [0.25, 0.3) is 0 Å². The van der Waals surface area contributed by atoms with E-state index in [1.165, 1.54) is 55.1 Å². The Bertz CT molecular complexity index is 316. The van der Waals surface area contributed by atoms with Gasteiger partial charge in [-0.05, 0) is 49.9 Å². The van der Waals surface area contributed by atoms with E-state index in [0.29, 0.717) is 0 Å². The second-order valence-electron chi connectivity index (χ2n) is 4.67. The molecule has 0 saturated carbocycles. The second-order valence-corrected chi connectivity index (χ2v) is 5.58. The van der Waals surface area contributed by atoms with Crippen LogP contribution in [0.5, 0.6) is 0 Å². The molecule has 0 aliphatic carbocycles. The maximum Gasteiger partial charge on any atom is 0.0177 e. The molecule has 0 bridgehead atoms. The Labute approximate surface area is 107 Å². The van der Waals surface area contributed by atoms with Crippen LogP contribution >= 0.6 is 15.9 Å². The molecule has 1 unspecified atom stereocenters. The third kappa shape index (κ3) is 3.91. The molecular formula is C14H20BrN. The number of benzene rings is 1. The third-order valence-electron chi connectivity index (χ3n) is 3.33. The Morgan fingerprint density at radius 3 is 3.06 bits per heavy atom. The molecule has 0 aromatic heterocycles. The van der Waals surface area contributed by atoms with E-state index in [4.69, 9.17) is 0 Å². The first kappa shape index (κ1) is 12.1. The molecule has 1 aliphatic heterocycles. The van der Waals surface area contributed by atoms with Gasteiger partial charge in [0.05, 0.1) is 0 Å². The van der Waals surface area contributed by atoms with Crippen molar-refractivity contribution in [2.24, 2.45) is 0 Å². The maximum absolute atomic E-state index is 3.65. The number of halogens is 1. The van der Waals surface area contributed by atoms with E-state index in [0.717, 1.165) is 6.04 Å². The number of nitrogens with one attached hydrogen (secondary N) is 1. The van der Waals surface area contributed by atoms with Crippen LogP contribution in [0.3, 0.4) is 0 Å². The molecule has 88 valence electrons. The van der Waals surface area contributed by atoms with Crippen LogP contribution in [0, 0.1) is 0 Å². The van der Waals surface area contributed by atoms with Crippen molar-refractivity contribution in [2.75, 3.05) is 6.54 Å². The van der Waals surface area contributed by atoms with Gasteiger partial charge in [-0.25, -0.2) is 0 Å². The van der Waals surface area contributed by atoms with Crippen LogP contribution in [-0.2, 0) is 6.42 Å². The molecule has 0 spiro atoms. The van der Waals surface area contributed by atoms with Crippen molar-refractivity contribution >= 4 is 15.9 Å². The first-order chi connectivity index (χ1) is 7.84. The number of hydrogen-bond acceptors (Lipinski definition) is 1. The van der Waals surface area contributed by atoms with Gasteiger partial charge >= 0.3 is 0 Å². The van der Waals surface area contributed by atoms with Crippen LogP contribution < -0.4 is 5.32 Å². The van der Waals surface area contributed by atoms with E-state index in [1.54, 1.807) is 0 Å². The van der Waals surface area contributed by atoms with Crippen molar-refractivity contribution < 1.29 is 0 Å². The van der Waals surface area contributed by atoms with Crippen molar-refractivity contribution in [3.63, 3.8) is 0 Å². The molecule has 1 heterocycles. The standard InChI is InChI=1S/C14H20BrN/c15-13-6-4-5-12(11-13)8-9-14-7-2-1-3-10-16-14/h4-6,11,14,16H,1-3,7-10H2. The average molecular weight is 282 g/mol. The van der Waals surface area contributed by atoms with Crippen LogP contribution in [0.1, 0.15) is 37.7 Å². The molecule has 2 heteroatoms. The summed E-state index contributed by atoms with van der Waals surface area (Å²) in [7, 11) is 0. The summed E-state index contributed by atoms with van der Waals surface area (Å²) < 4.78 is 1.19. The van der Waals surface area contributed by atoms with Crippen molar-refractivity contribution in [2.45, 2.75) is 44.6 Å². The minimum atomic E-state index is 0.737. The van der Waals surface area contributed by atoms with Gasteiger partial charge in [0.1, 0.15) is 0 Å². The van der Waals surface area contributed by atoms with E-state index < -0.39 is 0 Å². The molecule has 1 N–H and O–H groups in total. The quantitative estimate of drug-likeness (QED) is 0.886. The lowest BCUT2D eigenvalue weighted by atomic mass is 10.0. The highest BCUT2D eigenvalue weighted by molar-refractivity contribution is 9.10. The smallest absolute Gasteiger partial charge is 0.0177 e. The summed E-state index contributed by atoms with van der Waals surface area (Å²) >= 11 is 3.53. The van der Waals surface area contributed by atoms with Gasteiger partial charge in [-0.1, -0.05) is 40.9 Å². The van der Waals surface area contributed by atoms with E-state index >= 15 is 0 Å². The fourth-order valence-corrected chi connectivity index (χ4v) is 2.83. The number of aryl methyl sites for hydroxylation is 1. The molecule has 1 saturated heterocycles. The molecule has 1 nitrogen and oxygen atoms in total. The average Bonchev–Trinajstić information content (AvgIpc) is 2.55. The Balaban J connectivity index is 1.81.